The molecule has 0 bridgehead atoms. The number of hydrogen-bond donors (Lipinski definition) is 3. The number of amides is 2. The number of aliphatic hydroxyl groups excluding tert-OH is 1. The maximum absolute atomic E-state index is 12.5. The number of nitrogens with zero attached hydrogens (tertiary/aromatic N) is 1. The van der Waals surface area contributed by atoms with Crippen molar-refractivity contribution in [2.45, 2.75) is 38.5 Å². The number of benzene rings is 1. The molecule has 1 fully saturated rings. The Morgan fingerprint density at radius 2 is 2.22 bits per heavy atom. The summed E-state index contributed by atoms with van der Waals surface area (Å²) in [6, 6.07) is 4.81. The van der Waals surface area contributed by atoms with E-state index in [4.69, 9.17) is 9.84 Å². The molecule has 2 aliphatic heterocycles. The van der Waals surface area contributed by atoms with Crippen molar-refractivity contribution in [3.05, 3.63) is 35.9 Å². The molecule has 8 heteroatoms. The summed E-state index contributed by atoms with van der Waals surface area (Å²) in [4.78, 5) is 37.0. The summed E-state index contributed by atoms with van der Waals surface area (Å²) in [7, 11) is 0. The molecule has 1 aromatic rings. The van der Waals surface area contributed by atoms with Gasteiger partial charge in [-0.3, -0.25) is 19.3 Å². The first-order chi connectivity index (χ1) is 12.8. The molecule has 2 heterocycles. The molecule has 1 saturated heterocycles. The van der Waals surface area contributed by atoms with Crippen molar-refractivity contribution in [3.63, 3.8) is 0 Å². The van der Waals surface area contributed by atoms with Gasteiger partial charge in [0.05, 0.1) is 6.42 Å². The van der Waals surface area contributed by atoms with Crippen LogP contribution in [0.25, 0.3) is 0 Å². The average molecular weight is 374 g/mol. The van der Waals surface area contributed by atoms with E-state index in [-0.39, 0.29) is 18.9 Å². The van der Waals surface area contributed by atoms with E-state index in [1.807, 2.05) is 0 Å². The number of anilines is 2. The molecule has 0 spiro atoms. The van der Waals surface area contributed by atoms with E-state index >= 15 is 0 Å². The summed E-state index contributed by atoms with van der Waals surface area (Å²) >= 11 is 0. The Hall–Kier alpha value is -2.71. The first-order valence-corrected chi connectivity index (χ1v) is 8.74. The topological polar surface area (TPSA) is 116 Å². The number of ether oxygens (including phenoxy) is 1. The third kappa shape index (κ3) is 3.22. The van der Waals surface area contributed by atoms with E-state index < -0.39 is 29.6 Å². The minimum Gasteiger partial charge on any atom is -0.441 e. The van der Waals surface area contributed by atoms with Gasteiger partial charge in [-0.2, -0.15) is 0 Å². The number of nitrogens with one attached hydrogen (secondary N) is 1. The first-order valence-electron chi connectivity index (χ1n) is 8.74. The first kappa shape index (κ1) is 19.1. The molecule has 1 unspecified atom stereocenters. The van der Waals surface area contributed by atoms with Crippen LogP contribution in [0.4, 0.5) is 11.4 Å². The number of carbonyl (C=O) groups is 3. The second kappa shape index (κ2) is 7.13. The lowest BCUT2D eigenvalue weighted by atomic mass is 9.82. The van der Waals surface area contributed by atoms with Gasteiger partial charge in [0, 0.05) is 36.4 Å². The maximum Gasteiger partial charge on any atom is 0.304 e. The normalized spacial score (nSPS) is 25.2. The second-order valence-electron chi connectivity index (χ2n) is 6.71. The quantitative estimate of drug-likeness (QED) is 0.389. The fraction of sp³-hybridized carbons (Fsp3) is 0.421. The van der Waals surface area contributed by atoms with Gasteiger partial charge in [-0.1, -0.05) is 19.1 Å². The van der Waals surface area contributed by atoms with Crippen LogP contribution in [0, 0.1) is 5.92 Å². The van der Waals surface area contributed by atoms with Crippen LogP contribution in [0.1, 0.15) is 32.3 Å². The number of carbonyl (C=O) groups excluding carboxylic acids is 3. The summed E-state index contributed by atoms with van der Waals surface area (Å²) in [5.74, 6) is -1.81. The number of β-lactam (4-membered cyclic amide) rings is 1. The van der Waals surface area contributed by atoms with Gasteiger partial charge < -0.3 is 20.3 Å². The number of aliphatic hydroxyl groups is 2. The molecule has 1 aromatic carbocycles. The van der Waals surface area contributed by atoms with Gasteiger partial charge >= 0.3 is 5.97 Å². The van der Waals surface area contributed by atoms with E-state index in [9.17, 15) is 19.5 Å². The SMILES string of the molecule is CC(=O)OC1CC(=O)N1c1ccc2c(c1)[C@@](O)([C@H](C)/C=C/CCO)C(=O)N2. The highest BCUT2D eigenvalue weighted by Crippen LogP contribution is 2.44. The Labute approximate surface area is 156 Å². The number of esters is 1. The maximum atomic E-state index is 12.5. The zero-order valence-electron chi connectivity index (χ0n) is 15.1. The van der Waals surface area contributed by atoms with Crippen molar-refractivity contribution in [1.29, 1.82) is 0 Å². The van der Waals surface area contributed by atoms with Crippen LogP contribution >= 0.6 is 0 Å². The highest BCUT2D eigenvalue weighted by molar-refractivity contribution is 6.07. The zero-order valence-corrected chi connectivity index (χ0v) is 15.1. The smallest absolute Gasteiger partial charge is 0.304 e. The summed E-state index contributed by atoms with van der Waals surface area (Å²) in [6.45, 7) is 2.94. The van der Waals surface area contributed by atoms with Crippen LogP contribution in [-0.2, 0) is 24.7 Å². The Morgan fingerprint density at radius 1 is 1.48 bits per heavy atom. The lowest BCUT2D eigenvalue weighted by Gasteiger charge is -2.39. The van der Waals surface area contributed by atoms with Gasteiger partial charge in [0.25, 0.3) is 5.91 Å². The molecule has 3 N–H and O–H groups in total. The minimum absolute atomic E-state index is 0.0246. The molecule has 3 rings (SSSR count). The highest BCUT2D eigenvalue weighted by Gasteiger charge is 2.49. The van der Waals surface area contributed by atoms with Crippen molar-refractivity contribution >= 4 is 29.2 Å². The molecule has 27 heavy (non-hydrogen) atoms. The van der Waals surface area contributed by atoms with Crippen molar-refractivity contribution < 1.29 is 29.3 Å². The molecule has 8 nitrogen and oxygen atoms in total. The standard InChI is InChI=1S/C19H22N2O6/c1-11(5-3-4-8-22)19(26)14-9-13(6-7-15(14)20-18(19)25)21-16(24)10-17(21)27-12(2)23/h3,5-7,9,11,17,22,26H,4,8,10H2,1-2H3,(H,20,25)/b5-3+/t11-,17?,19+/m1/s1. The lowest BCUT2D eigenvalue weighted by molar-refractivity contribution is -0.153. The Balaban J connectivity index is 1.94. The molecular formula is C19H22N2O6. The minimum atomic E-state index is -1.80. The van der Waals surface area contributed by atoms with Crippen molar-refractivity contribution in [3.8, 4) is 0 Å². The summed E-state index contributed by atoms with van der Waals surface area (Å²) in [5.41, 5.74) is -0.543. The predicted octanol–water partition coefficient (Wildman–Crippen LogP) is 1.03. The number of rotatable bonds is 6. The Kier molecular flexibility index (Phi) is 5.03. The molecule has 0 radical (unpaired) electrons. The van der Waals surface area contributed by atoms with E-state index in [2.05, 4.69) is 5.32 Å². The van der Waals surface area contributed by atoms with E-state index in [1.54, 1.807) is 37.3 Å². The van der Waals surface area contributed by atoms with Crippen molar-refractivity contribution in [1.82, 2.24) is 0 Å². The summed E-state index contributed by atoms with van der Waals surface area (Å²) in [5, 5.41) is 22.7. The molecule has 2 aliphatic rings. The summed E-state index contributed by atoms with van der Waals surface area (Å²) < 4.78 is 5.12. The highest BCUT2D eigenvalue weighted by atomic mass is 16.6. The fourth-order valence-corrected chi connectivity index (χ4v) is 3.40. The predicted molar refractivity (Wildman–Crippen MR) is 96.6 cm³/mol. The van der Waals surface area contributed by atoms with E-state index in [1.165, 1.54) is 11.8 Å². The van der Waals surface area contributed by atoms with Crippen molar-refractivity contribution in [2.24, 2.45) is 5.92 Å². The van der Waals surface area contributed by atoms with Gasteiger partial charge in [-0.05, 0) is 24.6 Å². The van der Waals surface area contributed by atoms with Gasteiger partial charge in [0.15, 0.2) is 11.8 Å². The van der Waals surface area contributed by atoms with E-state index in [0.29, 0.717) is 23.4 Å². The van der Waals surface area contributed by atoms with Gasteiger partial charge in [0.2, 0.25) is 5.91 Å². The van der Waals surface area contributed by atoms with Crippen LogP contribution in [0.3, 0.4) is 0 Å². The third-order valence-corrected chi connectivity index (χ3v) is 4.87. The molecular weight excluding hydrogens is 352 g/mol. The molecule has 0 aromatic heterocycles. The van der Waals surface area contributed by atoms with Crippen LogP contribution in [0.2, 0.25) is 0 Å². The molecule has 144 valence electrons. The molecule has 2 amide bonds. The van der Waals surface area contributed by atoms with Crippen LogP contribution < -0.4 is 10.2 Å². The summed E-state index contributed by atoms with van der Waals surface area (Å²) in [6.07, 6.45) is 3.20. The zero-order chi connectivity index (χ0) is 19.8. The Morgan fingerprint density at radius 3 is 2.85 bits per heavy atom. The van der Waals surface area contributed by atoms with Gasteiger partial charge in [0.1, 0.15) is 0 Å². The third-order valence-electron chi connectivity index (χ3n) is 4.87. The Bertz CT molecular complexity index is 820. The van der Waals surface area contributed by atoms with Gasteiger partial charge in [-0.15, -0.1) is 0 Å². The lowest BCUT2D eigenvalue weighted by Crippen LogP contribution is -2.55. The average Bonchev–Trinajstić information content (AvgIpc) is 2.86. The van der Waals surface area contributed by atoms with Crippen LogP contribution in [0.5, 0.6) is 0 Å². The molecule has 3 atom stereocenters. The van der Waals surface area contributed by atoms with Gasteiger partial charge in [-0.25, -0.2) is 0 Å². The monoisotopic (exact) mass is 374 g/mol. The molecule has 0 saturated carbocycles. The second-order valence-corrected chi connectivity index (χ2v) is 6.71. The molecule has 0 aliphatic carbocycles. The van der Waals surface area contributed by atoms with E-state index in [0.717, 1.165) is 0 Å². The van der Waals surface area contributed by atoms with Crippen molar-refractivity contribution in [2.75, 3.05) is 16.8 Å². The number of fused-ring (bicyclic) bond motifs is 1. The fourth-order valence-electron chi connectivity index (χ4n) is 3.40. The van der Waals surface area contributed by atoms with Crippen LogP contribution in [-0.4, -0.2) is 40.8 Å². The van der Waals surface area contributed by atoms with Crippen LogP contribution in [0.15, 0.2) is 30.4 Å². The number of hydrogen-bond acceptors (Lipinski definition) is 6. The largest absolute Gasteiger partial charge is 0.441 e.